The zero-order chi connectivity index (χ0) is 18.9. The number of thiocarbonyl (C=S) groups is 1. The number of anilines is 1. The Kier molecular flexibility index (Phi) is 5.08. The summed E-state index contributed by atoms with van der Waals surface area (Å²) in [5.41, 5.74) is 0.542. The summed E-state index contributed by atoms with van der Waals surface area (Å²) >= 11 is 11.9. The van der Waals surface area contributed by atoms with Gasteiger partial charge in [0.25, 0.3) is 5.91 Å². The van der Waals surface area contributed by atoms with E-state index in [9.17, 15) is 18.0 Å². The van der Waals surface area contributed by atoms with Gasteiger partial charge in [-0.2, -0.15) is 21.9 Å². The van der Waals surface area contributed by atoms with E-state index in [0.717, 1.165) is 29.9 Å². The number of nitrogens with one attached hydrogen (secondary N) is 2. The number of rotatable bonds is 2. The van der Waals surface area contributed by atoms with Crippen LogP contribution >= 0.6 is 35.5 Å². The van der Waals surface area contributed by atoms with Crippen LogP contribution in [0.2, 0.25) is 5.02 Å². The Morgan fingerprint density at radius 2 is 1.85 bits per heavy atom. The number of carbonyl (C=O) groups excluding carboxylic acids is 1. The van der Waals surface area contributed by atoms with Crippen LogP contribution in [0.15, 0.2) is 36.4 Å². The SMILES string of the molecule is O=C(NC(=S)Nc1cc(C(F)(F)F)ccc1Cl)c1ccc2nsnc2c1. The largest absolute Gasteiger partial charge is 0.416 e. The van der Waals surface area contributed by atoms with Crippen LogP contribution in [0.4, 0.5) is 18.9 Å². The van der Waals surface area contributed by atoms with Gasteiger partial charge in [0, 0.05) is 5.56 Å². The van der Waals surface area contributed by atoms with E-state index in [2.05, 4.69) is 19.4 Å². The Bertz CT molecular complexity index is 1010. The van der Waals surface area contributed by atoms with Crippen molar-refractivity contribution in [3.63, 3.8) is 0 Å². The monoisotopic (exact) mass is 416 g/mol. The number of carbonyl (C=O) groups is 1. The number of amides is 1. The maximum atomic E-state index is 12.8. The lowest BCUT2D eigenvalue weighted by Crippen LogP contribution is -2.34. The van der Waals surface area contributed by atoms with Gasteiger partial charge in [0.1, 0.15) is 11.0 Å². The van der Waals surface area contributed by atoms with Gasteiger partial charge in [-0.15, -0.1) is 0 Å². The van der Waals surface area contributed by atoms with Crippen molar-refractivity contribution in [1.29, 1.82) is 0 Å². The lowest BCUT2D eigenvalue weighted by atomic mass is 10.2. The first-order valence-electron chi connectivity index (χ1n) is 6.95. The molecule has 0 fully saturated rings. The Labute approximate surface area is 159 Å². The summed E-state index contributed by atoms with van der Waals surface area (Å²) < 4.78 is 46.4. The second-order valence-electron chi connectivity index (χ2n) is 5.07. The molecule has 3 rings (SSSR count). The second-order valence-corrected chi connectivity index (χ2v) is 6.41. The molecule has 134 valence electrons. The molecule has 0 spiro atoms. The van der Waals surface area contributed by atoms with Crippen LogP contribution in [0.5, 0.6) is 0 Å². The first-order valence-corrected chi connectivity index (χ1v) is 8.47. The van der Waals surface area contributed by atoms with Crippen molar-refractivity contribution in [2.45, 2.75) is 6.18 Å². The molecular formula is C15H8ClF3N4OS2. The molecule has 0 bridgehead atoms. The number of alkyl halides is 3. The Balaban J connectivity index is 1.73. The highest BCUT2D eigenvalue weighted by Crippen LogP contribution is 2.33. The van der Waals surface area contributed by atoms with E-state index in [1.54, 1.807) is 12.1 Å². The van der Waals surface area contributed by atoms with Crippen molar-refractivity contribution in [3.05, 3.63) is 52.5 Å². The average Bonchev–Trinajstić information content (AvgIpc) is 3.03. The third-order valence-electron chi connectivity index (χ3n) is 3.28. The molecular weight excluding hydrogens is 409 g/mol. The van der Waals surface area contributed by atoms with Gasteiger partial charge in [0.05, 0.1) is 28.0 Å². The van der Waals surface area contributed by atoms with Crippen molar-refractivity contribution >= 4 is 63.3 Å². The molecule has 26 heavy (non-hydrogen) atoms. The van der Waals surface area contributed by atoms with Gasteiger partial charge in [0.15, 0.2) is 5.11 Å². The maximum Gasteiger partial charge on any atom is 0.416 e. The van der Waals surface area contributed by atoms with Crippen molar-refractivity contribution < 1.29 is 18.0 Å². The maximum absolute atomic E-state index is 12.8. The number of fused-ring (bicyclic) bond motifs is 1. The quantitative estimate of drug-likeness (QED) is 0.602. The molecule has 1 aromatic heterocycles. The molecule has 3 aromatic rings. The van der Waals surface area contributed by atoms with Gasteiger partial charge in [-0.05, 0) is 48.6 Å². The molecule has 11 heteroatoms. The number of nitrogens with zero attached hydrogens (tertiary/aromatic N) is 2. The van der Waals surface area contributed by atoms with Gasteiger partial charge >= 0.3 is 6.18 Å². The minimum Gasteiger partial charge on any atom is -0.331 e. The Hall–Kier alpha value is -2.30. The summed E-state index contributed by atoms with van der Waals surface area (Å²) in [4.78, 5) is 12.2. The van der Waals surface area contributed by atoms with E-state index in [4.69, 9.17) is 23.8 Å². The zero-order valence-corrected chi connectivity index (χ0v) is 15.0. The summed E-state index contributed by atoms with van der Waals surface area (Å²) in [6.07, 6.45) is -4.52. The smallest absolute Gasteiger partial charge is 0.331 e. The van der Waals surface area contributed by atoms with E-state index in [1.165, 1.54) is 6.07 Å². The summed E-state index contributed by atoms with van der Waals surface area (Å²) in [6, 6.07) is 7.47. The molecule has 2 N–H and O–H groups in total. The number of hydrogen-bond acceptors (Lipinski definition) is 5. The number of halogens is 4. The molecule has 0 radical (unpaired) electrons. The molecule has 1 amide bonds. The molecule has 0 aliphatic rings. The minimum absolute atomic E-state index is 0.0320. The highest BCUT2D eigenvalue weighted by Gasteiger charge is 2.31. The van der Waals surface area contributed by atoms with Crippen LogP contribution in [0.1, 0.15) is 15.9 Å². The average molecular weight is 417 g/mol. The third kappa shape index (κ3) is 4.09. The summed E-state index contributed by atoms with van der Waals surface area (Å²) in [7, 11) is 0. The predicted molar refractivity (Wildman–Crippen MR) is 97.6 cm³/mol. The minimum atomic E-state index is -4.52. The van der Waals surface area contributed by atoms with Gasteiger partial charge in [-0.25, -0.2) is 0 Å². The summed E-state index contributed by atoms with van der Waals surface area (Å²) in [5.74, 6) is -0.541. The van der Waals surface area contributed by atoms with Crippen molar-refractivity contribution in [1.82, 2.24) is 14.1 Å². The van der Waals surface area contributed by atoms with Crippen LogP contribution in [0.3, 0.4) is 0 Å². The number of hydrogen-bond donors (Lipinski definition) is 2. The lowest BCUT2D eigenvalue weighted by molar-refractivity contribution is -0.137. The summed E-state index contributed by atoms with van der Waals surface area (Å²) in [5, 5.41) is 4.73. The summed E-state index contributed by atoms with van der Waals surface area (Å²) in [6.45, 7) is 0. The molecule has 0 aliphatic heterocycles. The van der Waals surface area contributed by atoms with Crippen LogP contribution < -0.4 is 10.6 Å². The van der Waals surface area contributed by atoms with Gasteiger partial charge in [-0.1, -0.05) is 11.6 Å². The highest BCUT2D eigenvalue weighted by atomic mass is 35.5. The number of benzene rings is 2. The lowest BCUT2D eigenvalue weighted by Gasteiger charge is -2.13. The van der Waals surface area contributed by atoms with Crippen LogP contribution in [0.25, 0.3) is 11.0 Å². The third-order valence-corrected chi connectivity index (χ3v) is 4.38. The number of aromatic nitrogens is 2. The Morgan fingerprint density at radius 1 is 1.12 bits per heavy atom. The molecule has 0 saturated carbocycles. The molecule has 0 atom stereocenters. The van der Waals surface area contributed by atoms with E-state index in [0.29, 0.717) is 11.0 Å². The first kappa shape index (κ1) is 18.5. The van der Waals surface area contributed by atoms with Crippen LogP contribution in [-0.2, 0) is 6.18 Å². The molecule has 1 heterocycles. The molecule has 5 nitrogen and oxygen atoms in total. The first-order chi connectivity index (χ1) is 12.2. The molecule has 0 saturated heterocycles. The second kappa shape index (κ2) is 7.14. The highest BCUT2D eigenvalue weighted by molar-refractivity contribution is 7.80. The van der Waals surface area contributed by atoms with E-state index >= 15 is 0 Å². The topological polar surface area (TPSA) is 66.9 Å². The van der Waals surface area contributed by atoms with Gasteiger partial charge in [0.2, 0.25) is 0 Å². The fourth-order valence-corrected chi connectivity index (χ4v) is 2.93. The molecule has 2 aromatic carbocycles. The standard InChI is InChI=1S/C15H8ClF3N4OS2/c16-9-3-2-8(15(17,18)19)6-11(9)20-14(25)21-13(24)7-1-4-10-12(5-7)23-26-22-10/h1-6H,(H2,20,21,24,25). The molecule has 0 unspecified atom stereocenters. The van der Waals surface area contributed by atoms with Crippen LogP contribution in [0, 0.1) is 0 Å². The molecule has 0 aliphatic carbocycles. The zero-order valence-electron chi connectivity index (χ0n) is 12.6. The normalized spacial score (nSPS) is 11.4. The van der Waals surface area contributed by atoms with Crippen molar-refractivity contribution in [2.75, 3.05) is 5.32 Å². The van der Waals surface area contributed by atoms with E-state index in [-0.39, 0.29) is 21.4 Å². The van der Waals surface area contributed by atoms with Gasteiger partial charge < -0.3 is 5.32 Å². The van der Waals surface area contributed by atoms with E-state index < -0.39 is 17.6 Å². The van der Waals surface area contributed by atoms with E-state index in [1.807, 2.05) is 0 Å². The fraction of sp³-hybridized carbons (Fsp3) is 0.0667. The Morgan fingerprint density at radius 3 is 2.58 bits per heavy atom. The van der Waals surface area contributed by atoms with Gasteiger partial charge in [-0.3, -0.25) is 10.1 Å². The van der Waals surface area contributed by atoms with Crippen LogP contribution in [-0.4, -0.2) is 19.8 Å². The van der Waals surface area contributed by atoms with Crippen molar-refractivity contribution in [2.24, 2.45) is 0 Å². The predicted octanol–water partition coefficient (Wildman–Crippen LogP) is 4.49. The van der Waals surface area contributed by atoms with Crippen molar-refractivity contribution in [3.8, 4) is 0 Å². The fourth-order valence-electron chi connectivity index (χ4n) is 2.05.